The molecule has 2 heteroatoms. The van der Waals surface area contributed by atoms with Crippen molar-refractivity contribution in [2.45, 2.75) is 51.4 Å². The van der Waals surface area contributed by atoms with Gasteiger partial charge in [0.05, 0.1) is 18.8 Å². The van der Waals surface area contributed by atoms with E-state index < -0.39 is 0 Å². The molecular formula is C14H20O2. The summed E-state index contributed by atoms with van der Waals surface area (Å²) in [6.07, 6.45) is 4.00. The van der Waals surface area contributed by atoms with E-state index in [2.05, 4.69) is 31.2 Å². The summed E-state index contributed by atoms with van der Waals surface area (Å²) in [4.78, 5) is 0. The molecule has 16 heavy (non-hydrogen) atoms. The molecule has 2 rings (SSSR count). The Labute approximate surface area is 97.3 Å². The number of aryl methyl sites for hydroxylation is 1. The topological polar surface area (TPSA) is 29.5 Å². The molecule has 0 amide bonds. The second-order valence-electron chi connectivity index (χ2n) is 4.67. The van der Waals surface area contributed by atoms with Crippen molar-refractivity contribution in [2.24, 2.45) is 0 Å². The lowest BCUT2D eigenvalue weighted by molar-refractivity contribution is -0.0120. The van der Waals surface area contributed by atoms with Gasteiger partial charge in [0.25, 0.3) is 0 Å². The van der Waals surface area contributed by atoms with Gasteiger partial charge in [0.1, 0.15) is 0 Å². The van der Waals surface area contributed by atoms with Crippen LogP contribution in [0.2, 0.25) is 0 Å². The largest absolute Gasteiger partial charge is 0.393 e. The van der Waals surface area contributed by atoms with Crippen molar-refractivity contribution in [3.63, 3.8) is 0 Å². The van der Waals surface area contributed by atoms with E-state index in [0.717, 1.165) is 25.7 Å². The standard InChI is InChI=1S/C14H20O2/c1-11-4-2-3-5-12(11)10-16-14-8-6-13(15)7-9-14/h2-5,13-15H,6-10H2,1H3. The second-order valence-corrected chi connectivity index (χ2v) is 4.67. The Morgan fingerprint density at radius 3 is 2.56 bits per heavy atom. The van der Waals surface area contributed by atoms with Gasteiger partial charge in [-0.3, -0.25) is 0 Å². The molecule has 0 radical (unpaired) electrons. The van der Waals surface area contributed by atoms with Crippen molar-refractivity contribution in [1.82, 2.24) is 0 Å². The first kappa shape index (κ1) is 11.6. The Morgan fingerprint density at radius 1 is 1.19 bits per heavy atom. The maximum absolute atomic E-state index is 9.40. The third-order valence-electron chi connectivity index (χ3n) is 3.38. The Kier molecular flexibility index (Phi) is 3.97. The summed E-state index contributed by atoms with van der Waals surface area (Å²) < 4.78 is 5.89. The molecule has 0 saturated heterocycles. The van der Waals surface area contributed by atoms with E-state index in [0.29, 0.717) is 12.7 Å². The molecule has 0 spiro atoms. The monoisotopic (exact) mass is 220 g/mol. The maximum Gasteiger partial charge on any atom is 0.0723 e. The first-order chi connectivity index (χ1) is 7.75. The first-order valence-electron chi connectivity index (χ1n) is 6.10. The van der Waals surface area contributed by atoms with Gasteiger partial charge in [-0.05, 0) is 43.7 Å². The summed E-state index contributed by atoms with van der Waals surface area (Å²) in [5, 5.41) is 9.40. The van der Waals surface area contributed by atoms with Gasteiger partial charge >= 0.3 is 0 Å². The van der Waals surface area contributed by atoms with Crippen LogP contribution in [0.15, 0.2) is 24.3 Å². The second kappa shape index (κ2) is 5.46. The molecule has 1 aliphatic rings. The number of rotatable bonds is 3. The molecule has 0 aromatic heterocycles. The molecule has 0 aliphatic heterocycles. The zero-order chi connectivity index (χ0) is 11.4. The normalized spacial score (nSPS) is 25.6. The van der Waals surface area contributed by atoms with Crippen LogP contribution in [0.1, 0.15) is 36.8 Å². The average molecular weight is 220 g/mol. The predicted octanol–water partition coefficient (Wildman–Crippen LogP) is 2.82. The molecule has 1 aliphatic carbocycles. The zero-order valence-corrected chi connectivity index (χ0v) is 9.86. The highest BCUT2D eigenvalue weighted by molar-refractivity contribution is 5.24. The first-order valence-corrected chi connectivity index (χ1v) is 6.10. The average Bonchev–Trinajstić information content (AvgIpc) is 2.30. The molecule has 0 atom stereocenters. The number of hydrogen-bond donors (Lipinski definition) is 1. The van der Waals surface area contributed by atoms with Gasteiger partial charge in [0, 0.05) is 0 Å². The zero-order valence-electron chi connectivity index (χ0n) is 9.86. The van der Waals surface area contributed by atoms with E-state index in [4.69, 9.17) is 4.74 Å². The van der Waals surface area contributed by atoms with Gasteiger partial charge < -0.3 is 9.84 Å². The van der Waals surface area contributed by atoms with Gasteiger partial charge in [0.2, 0.25) is 0 Å². The third kappa shape index (κ3) is 3.06. The summed E-state index contributed by atoms with van der Waals surface area (Å²) in [6.45, 7) is 2.82. The van der Waals surface area contributed by atoms with Gasteiger partial charge in [-0.1, -0.05) is 24.3 Å². The Balaban J connectivity index is 1.81. The van der Waals surface area contributed by atoms with Crippen LogP contribution in [-0.2, 0) is 11.3 Å². The minimum Gasteiger partial charge on any atom is -0.393 e. The van der Waals surface area contributed by atoms with Crippen LogP contribution in [0, 0.1) is 6.92 Å². The quantitative estimate of drug-likeness (QED) is 0.848. The number of hydrogen-bond acceptors (Lipinski definition) is 2. The van der Waals surface area contributed by atoms with Crippen LogP contribution in [0.25, 0.3) is 0 Å². The lowest BCUT2D eigenvalue weighted by Gasteiger charge is -2.25. The molecule has 1 aromatic carbocycles. The van der Waals surface area contributed by atoms with Crippen molar-refractivity contribution in [3.8, 4) is 0 Å². The molecule has 0 heterocycles. The van der Waals surface area contributed by atoms with Gasteiger partial charge in [-0.25, -0.2) is 0 Å². The number of aliphatic hydroxyl groups is 1. The van der Waals surface area contributed by atoms with E-state index in [-0.39, 0.29) is 6.10 Å². The summed E-state index contributed by atoms with van der Waals surface area (Å²) in [5.74, 6) is 0. The smallest absolute Gasteiger partial charge is 0.0723 e. The summed E-state index contributed by atoms with van der Waals surface area (Å²) in [6, 6.07) is 8.34. The van der Waals surface area contributed by atoms with Crippen molar-refractivity contribution in [3.05, 3.63) is 35.4 Å². The molecule has 88 valence electrons. The molecule has 1 aromatic rings. The lowest BCUT2D eigenvalue weighted by Crippen LogP contribution is -2.24. The highest BCUT2D eigenvalue weighted by Crippen LogP contribution is 2.22. The summed E-state index contributed by atoms with van der Waals surface area (Å²) in [5.41, 5.74) is 2.56. The molecule has 1 fully saturated rings. The summed E-state index contributed by atoms with van der Waals surface area (Å²) in [7, 11) is 0. The Hall–Kier alpha value is -0.860. The van der Waals surface area contributed by atoms with Crippen LogP contribution < -0.4 is 0 Å². The van der Waals surface area contributed by atoms with Crippen LogP contribution in [0.3, 0.4) is 0 Å². The lowest BCUT2D eigenvalue weighted by atomic mass is 9.95. The van der Waals surface area contributed by atoms with Crippen LogP contribution in [0.5, 0.6) is 0 Å². The SMILES string of the molecule is Cc1ccccc1COC1CCC(O)CC1. The van der Waals surface area contributed by atoms with Crippen LogP contribution in [0.4, 0.5) is 0 Å². The van der Waals surface area contributed by atoms with Crippen molar-refractivity contribution in [1.29, 1.82) is 0 Å². The third-order valence-corrected chi connectivity index (χ3v) is 3.38. The molecule has 2 nitrogen and oxygen atoms in total. The van der Waals surface area contributed by atoms with Crippen LogP contribution >= 0.6 is 0 Å². The number of ether oxygens (including phenoxy) is 1. The van der Waals surface area contributed by atoms with Crippen molar-refractivity contribution < 1.29 is 9.84 Å². The Morgan fingerprint density at radius 2 is 1.88 bits per heavy atom. The van der Waals surface area contributed by atoms with E-state index >= 15 is 0 Å². The fraction of sp³-hybridized carbons (Fsp3) is 0.571. The van der Waals surface area contributed by atoms with E-state index in [1.807, 2.05) is 0 Å². The van der Waals surface area contributed by atoms with E-state index in [9.17, 15) is 5.11 Å². The highest BCUT2D eigenvalue weighted by Gasteiger charge is 2.19. The molecule has 0 bridgehead atoms. The van der Waals surface area contributed by atoms with E-state index in [1.54, 1.807) is 0 Å². The van der Waals surface area contributed by atoms with Crippen molar-refractivity contribution in [2.75, 3.05) is 0 Å². The maximum atomic E-state index is 9.40. The minimum atomic E-state index is -0.0988. The molecular weight excluding hydrogens is 200 g/mol. The van der Waals surface area contributed by atoms with Crippen LogP contribution in [-0.4, -0.2) is 17.3 Å². The molecule has 1 saturated carbocycles. The minimum absolute atomic E-state index is 0.0988. The highest BCUT2D eigenvalue weighted by atomic mass is 16.5. The Bertz CT molecular complexity index is 327. The van der Waals surface area contributed by atoms with Gasteiger partial charge in [0.15, 0.2) is 0 Å². The van der Waals surface area contributed by atoms with Gasteiger partial charge in [-0.2, -0.15) is 0 Å². The van der Waals surface area contributed by atoms with Crippen molar-refractivity contribution >= 4 is 0 Å². The number of benzene rings is 1. The number of aliphatic hydroxyl groups excluding tert-OH is 1. The fourth-order valence-electron chi connectivity index (χ4n) is 2.19. The predicted molar refractivity (Wildman–Crippen MR) is 64.2 cm³/mol. The summed E-state index contributed by atoms with van der Waals surface area (Å²) >= 11 is 0. The molecule has 1 N–H and O–H groups in total. The molecule has 0 unspecified atom stereocenters. The van der Waals surface area contributed by atoms with E-state index in [1.165, 1.54) is 11.1 Å². The fourth-order valence-corrected chi connectivity index (χ4v) is 2.19. The van der Waals surface area contributed by atoms with Gasteiger partial charge in [-0.15, -0.1) is 0 Å².